The van der Waals surface area contributed by atoms with E-state index in [-0.39, 0.29) is 18.6 Å². The molecule has 1 aliphatic carbocycles. The molecule has 1 saturated heterocycles. The molecule has 2 aliphatic rings. The Bertz CT molecular complexity index is 260. The van der Waals surface area contributed by atoms with E-state index in [1.165, 1.54) is 12.8 Å². The highest BCUT2D eigenvalue weighted by atomic mass is 16.5. The molecule has 2 rings (SSSR count). The highest BCUT2D eigenvalue weighted by Gasteiger charge is 2.32. The zero-order valence-electron chi connectivity index (χ0n) is 10.9. The van der Waals surface area contributed by atoms with Crippen LogP contribution in [0, 0.1) is 5.92 Å². The van der Waals surface area contributed by atoms with Gasteiger partial charge in [-0.05, 0) is 51.6 Å². The minimum Gasteiger partial charge on any atom is -0.368 e. The molecule has 17 heavy (non-hydrogen) atoms. The molecule has 2 fully saturated rings. The molecule has 0 spiro atoms. The van der Waals surface area contributed by atoms with Gasteiger partial charge in [0.05, 0.1) is 6.10 Å². The van der Waals surface area contributed by atoms with E-state index < -0.39 is 0 Å². The molecule has 0 radical (unpaired) electrons. The van der Waals surface area contributed by atoms with Crippen molar-refractivity contribution >= 4 is 5.91 Å². The molecule has 1 aliphatic heterocycles. The molecule has 98 valence electrons. The number of piperidine rings is 1. The SMILES string of the molecule is CC(C1CC1)N(C)C(=O)COC1CCNCC1. The summed E-state index contributed by atoms with van der Waals surface area (Å²) in [6.07, 6.45) is 4.86. The van der Waals surface area contributed by atoms with Crippen LogP contribution in [0.1, 0.15) is 32.6 Å². The van der Waals surface area contributed by atoms with Crippen molar-refractivity contribution in [2.45, 2.75) is 44.8 Å². The van der Waals surface area contributed by atoms with Crippen LogP contribution in [0.3, 0.4) is 0 Å². The number of carbonyl (C=O) groups is 1. The summed E-state index contributed by atoms with van der Waals surface area (Å²) < 4.78 is 5.68. The Labute approximate surface area is 104 Å². The summed E-state index contributed by atoms with van der Waals surface area (Å²) in [6, 6.07) is 0.374. The number of hydrogen-bond acceptors (Lipinski definition) is 3. The molecule has 1 amide bonds. The van der Waals surface area contributed by atoms with Gasteiger partial charge in [0.2, 0.25) is 5.91 Å². The van der Waals surface area contributed by atoms with Crippen LogP contribution in [0.25, 0.3) is 0 Å². The summed E-state index contributed by atoms with van der Waals surface area (Å²) in [4.78, 5) is 13.8. The van der Waals surface area contributed by atoms with Gasteiger partial charge < -0.3 is 15.0 Å². The maximum atomic E-state index is 11.9. The van der Waals surface area contributed by atoms with Crippen molar-refractivity contribution in [2.24, 2.45) is 5.92 Å². The van der Waals surface area contributed by atoms with Crippen molar-refractivity contribution in [2.75, 3.05) is 26.7 Å². The van der Waals surface area contributed by atoms with Gasteiger partial charge in [-0.2, -0.15) is 0 Å². The number of nitrogens with one attached hydrogen (secondary N) is 1. The lowest BCUT2D eigenvalue weighted by Gasteiger charge is -2.27. The highest BCUT2D eigenvalue weighted by Crippen LogP contribution is 2.34. The molecule has 1 atom stereocenters. The second-order valence-electron chi connectivity index (χ2n) is 5.34. The smallest absolute Gasteiger partial charge is 0.248 e. The van der Waals surface area contributed by atoms with Crippen LogP contribution in [0.15, 0.2) is 0 Å². The molecule has 0 aromatic rings. The lowest BCUT2D eigenvalue weighted by molar-refractivity contribution is -0.139. The number of hydrogen-bond donors (Lipinski definition) is 1. The van der Waals surface area contributed by atoms with Crippen LogP contribution in [-0.2, 0) is 9.53 Å². The molecule has 0 aromatic heterocycles. The van der Waals surface area contributed by atoms with E-state index in [0.717, 1.165) is 31.8 Å². The molecular weight excluding hydrogens is 216 g/mol. The number of nitrogens with zero attached hydrogens (tertiary/aromatic N) is 1. The summed E-state index contributed by atoms with van der Waals surface area (Å²) in [6.45, 7) is 4.40. The summed E-state index contributed by atoms with van der Waals surface area (Å²) >= 11 is 0. The first kappa shape index (κ1) is 12.8. The van der Waals surface area contributed by atoms with Gasteiger partial charge in [0.15, 0.2) is 0 Å². The first-order valence-corrected chi connectivity index (χ1v) is 6.76. The summed E-state index contributed by atoms with van der Waals surface area (Å²) in [5, 5.41) is 3.29. The van der Waals surface area contributed by atoms with E-state index in [0.29, 0.717) is 6.04 Å². The predicted molar refractivity (Wildman–Crippen MR) is 66.8 cm³/mol. The molecule has 4 heteroatoms. The lowest BCUT2D eigenvalue weighted by atomic mass is 10.1. The number of likely N-dealkylation sites (N-methyl/N-ethyl adjacent to an activating group) is 1. The zero-order valence-corrected chi connectivity index (χ0v) is 10.9. The Hall–Kier alpha value is -0.610. The van der Waals surface area contributed by atoms with E-state index in [9.17, 15) is 4.79 Å². The first-order valence-electron chi connectivity index (χ1n) is 6.76. The number of ether oxygens (including phenoxy) is 1. The van der Waals surface area contributed by atoms with Crippen LogP contribution in [0.2, 0.25) is 0 Å². The Morgan fingerprint density at radius 2 is 2.00 bits per heavy atom. The molecule has 1 heterocycles. The average Bonchev–Trinajstić information content (AvgIpc) is 3.19. The van der Waals surface area contributed by atoms with Crippen molar-refractivity contribution in [3.8, 4) is 0 Å². The maximum absolute atomic E-state index is 11.9. The fourth-order valence-corrected chi connectivity index (χ4v) is 2.38. The Balaban J connectivity index is 1.68. The summed E-state index contributed by atoms with van der Waals surface area (Å²) in [5.74, 6) is 0.853. The van der Waals surface area contributed by atoms with Crippen molar-refractivity contribution in [3.63, 3.8) is 0 Å². The summed E-state index contributed by atoms with van der Waals surface area (Å²) in [7, 11) is 1.90. The molecule has 0 aromatic carbocycles. The van der Waals surface area contributed by atoms with Gasteiger partial charge in [0.1, 0.15) is 6.61 Å². The third-order valence-corrected chi connectivity index (χ3v) is 4.04. The largest absolute Gasteiger partial charge is 0.368 e. The zero-order chi connectivity index (χ0) is 12.3. The predicted octanol–water partition coefficient (Wildman–Crippen LogP) is 1.01. The standard InChI is InChI=1S/C13H24N2O2/c1-10(11-3-4-11)15(2)13(16)9-17-12-5-7-14-8-6-12/h10-12,14H,3-9H2,1-2H3. The van der Waals surface area contributed by atoms with E-state index in [1.54, 1.807) is 0 Å². The average molecular weight is 240 g/mol. The Morgan fingerprint density at radius 3 is 2.59 bits per heavy atom. The lowest BCUT2D eigenvalue weighted by Crippen LogP contribution is -2.40. The Morgan fingerprint density at radius 1 is 1.35 bits per heavy atom. The second-order valence-corrected chi connectivity index (χ2v) is 5.34. The molecule has 4 nitrogen and oxygen atoms in total. The molecular formula is C13H24N2O2. The van der Waals surface area contributed by atoms with Crippen molar-refractivity contribution in [1.82, 2.24) is 10.2 Å². The highest BCUT2D eigenvalue weighted by molar-refractivity contribution is 5.77. The minimum atomic E-state index is 0.128. The van der Waals surface area contributed by atoms with Crippen LogP contribution in [0.4, 0.5) is 0 Å². The Kier molecular flexibility index (Phi) is 4.40. The second kappa shape index (κ2) is 5.83. The van der Waals surface area contributed by atoms with E-state index in [1.807, 2.05) is 11.9 Å². The van der Waals surface area contributed by atoms with E-state index in [4.69, 9.17) is 4.74 Å². The number of carbonyl (C=O) groups excluding carboxylic acids is 1. The van der Waals surface area contributed by atoms with Crippen molar-refractivity contribution < 1.29 is 9.53 Å². The normalized spacial score (nSPS) is 23.4. The number of rotatable bonds is 5. The molecule has 1 saturated carbocycles. The van der Waals surface area contributed by atoms with Crippen LogP contribution >= 0.6 is 0 Å². The van der Waals surface area contributed by atoms with Crippen molar-refractivity contribution in [1.29, 1.82) is 0 Å². The quantitative estimate of drug-likeness (QED) is 0.780. The minimum absolute atomic E-state index is 0.128. The van der Waals surface area contributed by atoms with Crippen LogP contribution in [0.5, 0.6) is 0 Å². The van der Waals surface area contributed by atoms with Gasteiger partial charge in [0.25, 0.3) is 0 Å². The maximum Gasteiger partial charge on any atom is 0.248 e. The van der Waals surface area contributed by atoms with Gasteiger partial charge in [0, 0.05) is 13.1 Å². The van der Waals surface area contributed by atoms with Crippen LogP contribution < -0.4 is 5.32 Å². The molecule has 0 bridgehead atoms. The van der Waals surface area contributed by atoms with Gasteiger partial charge >= 0.3 is 0 Å². The topological polar surface area (TPSA) is 41.6 Å². The van der Waals surface area contributed by atoms with Gasteiger partial charge in [-0.3, -0.25) is 4.79 Å². The summed E-state index contributed by atoms with van der Waals surface area (Å²) in [5.41, 5.74) is 0. The first-order chi connectivity index (χ1) is 8.18. The van der Waals surface area contributed by atoms with E-state index in [2.05, 4.69) is 12.2 Å². The van der Waals surface area contributed by atoms with E-state index >= 15 is 0 Å². The fraction of sp³-hybridized carbons (Fsp3) is 0.923. The van der Waals surface area contributed by atoms with Gasteiger partial charge in [-0.25, -0.2) is 0 Å². The number of amides is 1. The third-order valence-electron chi connectivity index (χ3n) is 4.04. The van der Waals surface area contributed by atoms with Gasteiger partial charge in [-0.15, -0.1) is 0 Å². The third kappa shape index (κ3) is 3.68. The monoisotopic (exact) mass is 240 g/mol. The van der Waals surface area contributed by atoms with Gasteiger partial charge in [-0.1, -0.05) is 0 Å². The van der Waals surface area contributed by atoms with Crippen molar-refractivity contribution in [3.05, 3.63) is 0 Å². The molecule has 1 unspecified atom stereocenters. The fourth-order valence-electron chi connectivity index (χ4n) is 2.38. The molecule has 1 N–H and O–H groups in total. The van der Waals surface area contributed by atoms with Crippen LogP contribution in [-0.4, -0.2) is 49.7 Å².